The highest BCUT2D eigenvalue weighted by Gasteiger charge is 2.27. The monoisotopic (exact) mass is 340 g/mol. The molecule has 0 unspecified atom stereocenters. The standard InChI is InChI=1S/C20H25N3S/c1-16-9-11-18(12-10-16)22-20(24)21-15-19(23-13-5-6-14-23)17-7-3-2-4-8-17/h2-4,7-12,19H,5-6,13-15H2,1H3,(H2,21,22,24)/p+1/t19-/m1/s1. The van der Waals surface area contributed by atoms with E-state index < -0.39 is 0 Å². The second-order valence-electron chi connectivity index (χ2n) is 6.53. The van der Waals surface area contributed by atoms with Gasteiger partial charge in [0.1, 0.15) is 6.04 Å². The van der Waals surface area contributed by atoms with Crippen molar-refractivity contribution < 1.29 is 4.90 Å². The smallest absolute Gasteiger partial charge is 0.171 e. The highest BCUT2D eigenvalue weighted by Crippen LogP contribution is 2.11. The first-order valence-electron chi connectivity index (χ1n) is 8.73. The molecule has 1 heterocycles. The first kappa shape index (κ1) is 16.9. The van der Waals surface area contributed by atoms with Crippen molar-refractivity contribution in [2.24, 2.45) is 0 Å². The van der Waals surface area contributed by atoms with Crippen LogP contribution in [0, 0.1) is 6.92 Å². The third-order valence-electron chi connectivity index (χ3n) is 4.72. The van der Waals surface area contributed by atoms with E-state index in [9.17, 15) is 0 Å². The molecule has 24 heavy (non-hydrogen) atoms. The number of rotatable bonds is 5. The van der Waals surface area contributed by atoms with Gasteiger partial charge in [-0.1, -0.05) is 48.0 Å². The van der Waals surface area contributed by atoms with Crippen LogP contribution in [0.1, 0.15) is 30.0 Å². The fourth-order valence-corrected chi connectivity index (χ4v) is 3.57. The van der Waals surface area contributed by atoms with Crippen LogP contribution in [0.3, 0.4) is 0 Å². The van der Waals surface area contributed by atoms with Crippen molar-refractivity contribution in [2.75, 3.05) is 25.0 Å². The van der Waals surface area contributed by atoms with Crippen molar-refractivity contribution in [2.45, 2.75) is 25.8 Å². The maximum Gasteiger partial charge on any atom is 0.171 e. The van der Waals surface area contributed by atoms with Gasteiger partial charge in [0.15, 0.2) is 5.11 Å². The molecule has 0 saturated carbocycles. The van der Waals surface area contributed by atoms with Crippen LogP contribution in [-0.4, -0.2) is 24.7 Å². The molecule has 126 valence electrons. The van der Waals surface area contributed by atoms with E-state index in [1.54, 1.807) is 4.90 Å². The fourth-order valence-electron chi connectivity index (χ4n) is 3.37. The van der Waals surface area contributed by atoms with Gasteiger partial charge in [-0.15, -0.1) is 0 Å². The Morgan fingerprint density at radius 1 is 1.04 bits per heavy atom. The Morgan fingerprint density at radius 3 is 2.38 bits per heavy atom. The van der Waals surface area contributed by atoms with Gasteiger partial charge in [-0.25, -0.2) is 0 Å². The lowest BCUT2D eigenvalue weighted by Crippen LogP contribution is -3.11. The van der Waals surface area contributed by atoms with Gasteiger partial charge >= 0.3 is 0 Å². The van der Waals surface area contributed by atoms with E-state index in [4.69, 9.17) is 12.2 Å². The fraction of sp³-hybridized carbons (Fsp3) is 0.350. The summed E-state index contributed by atoms with van der Waals surface area (Å²) in [5.74, 6) is 0. The summed E-state index contributed by atoms with van der Waals surface area (Å²) < 4.78 is 0. The molecule has 1 aliphatic rings. The summed E-state index contributed by atoms with van der Waals surface area (Å²) in [6, 6.07) is 19.5. The molecular formula is C20H26N3S+. The van der Waals surface area contributed by atoms with Crippen molar-refractivity contribution >= 4 is 23.0 Å². The number of hydrogen-bond donors (Lipinski definition) is 3. The predicted molar refractivity (Wildman–Crippen MR) is 105 cm³/mol. The third-order valence-corrected chi connectivity index (χ3v) is 4.96. The molecule has 0 radical (unpaired) electrons. The van der Waals surface area contributed by atoms with Crippen LogP contribution in [0.4, 0.5) is 5.69 Å². The zero-order chi connectivity index (χ0) is 16.8. The molecule has 3 nitrogen and oxygen atoms in total. The Balaban J connectivity index is 1.60. The molecule has 4 heteroatoms. The zero-order valence-corrected chi connectivity index (χ0v) is 15.0. The molecule has 2 aromatic rings. The van der Waals surface area contributed by atoms with Crippen LogP contribution >= 0.6 is 12.2 Å². The van der Waals surface area contributed by atoms with Crippen molar-refractivity contribution in [1.82, 2.24) is 5.32 Å². The minimum atomic E-state index is 0.450. The van der Waals surface area contributed by atoms with E-state index >= 15 is 0 Å². The Labute approximate surface area is 150 Å². The summed E-state index contributed by atoms with van der Waals surface area (Å²) in [4.78, 5) is 1.66. The predicted octanol–water partition coefficient (Wildman–Crippen LogP) is 2.70. The lowest BCUT2D eigenvalue weighted by molar-refractivity contribution is -0.918. The normalized spacial score (nSPS) is 15.9. The molecule has 1 atom stereocenters. The van der Waals surface area contributed by atoms with Gasteiger partial charge in [0.25, 0.3) is 0 Å². The summed E-state index contributed by atoms with van der Waals surface area (Å²) in [7, 11) is 0. The second kappa shape index (κ2) is 8.27. The van der Waals surface area contributed by atoms with Crippen molar-refractivity contribution in [1.29, 1.82) is 0 Å². The summed E-state index contributed by atoms with van der Waals surface area (Å²) >= 11 is 5.48. The number of quaternary nitrogens is 1. The third kappa shape index (κ3) is 4.56. The maximum atomic E-state index is 5.48. The van der Waals surface area contributed by atoms with E-state index in [-0.39, 0.29) is 0 Å². The van der Waals surface area contributed by atoms with E-state index in [2.05, 4.69) is 72.2 Å². The van der Waals surface area contributed by atoms with Crippen molar-refractivity contribution in [3.63, 3.8) is 0 Å². The maximum absolute atomic E-state index is 5.48. The van der Waals surface area contributed by atoms with E-state index in [0.29, 0.717) is 11.2 Å². The average molecular weight is 341 g/mol. The van der Waals surface area contributed by atoms with E-state index in [0.717, 1.165) is 12.2 Å². The van der Waals surface area contributed by atoms with Crippen LogP contribution in [0.2, 0.25) is 0 Å². The molecule has 3 rings (SSSR count). The Bertz CT molecular complexity index is 648. The average Bonchev–Trinajstić information content (AvgIpc) is 3.12. The van der Waals surface area contributed by atoms with Gasteiger partial charge in [0.05, 0.1) is 19.6 Å². The molecule has 1 saturated heterocycles. The highest BCUT2D eigenvalue weighted by atomic mass is 32.1. The lowest BCUT2D eigenvalue weighted by atomic mass is 10.1. The first-order valence-corrected chi connectivity index (χ1v) is 9.14. The molecule has 3 N–H and O–H groups in total. The minimum absolute atomic E-state index is 0.450. The van der Waals surface area contributed by atoms with E-state index in [1.807, 2.05) is 0 Å². The number of aryl methyl sites for hydroxylation is 1. The van der Waals surface area contributed by atoms with Crippen LogP contribution in [0.15, 0.2) is 54.6 Å². The van der Waals surface area contributed by atoms with Crippen molar-refractivity contribution in [3.8, 4) is 0 Å². The molecule has 2 aromatic carbocycles. The molecule has 1 aliphatic heterocycles. The van der Waals surface area contributed by atoms with Gasteiger partial charge in [0.2, 0.25) is 0 Å². The number of nitrogens with one attached hydrogen (secondary N) is 3. The van der Waals surface area contributed by atoms with Gasteiger partial charge in [0, 0.05) is 24.1 Å². The molecule has 0 spiro atoms. The summed E-state index contributed by atoms with van der Waals surface area (Å²) in [5.41, 5.74) is 3.67. The number of hydrogen-bond acceptors (Lipinski definition) is 1. The quantitative estimate of drug-likeness (QED) is 0.731. The topological polar surface area (TPSA) is 28.5 Å². The molecule has 0 aromatic heterocycles. The molecule has 0 bridgehead atoms. The summed E-state index contributed by atoms with van der Waals surface area (Å²) in [5, 5.41) is 7.39. The largest absolute Gasteiger partial charge is 0.356 e. The van der Waals surface area contributed by atoms with E-state index in [1.165, 1.54) is 37.1 Å². The summed E-state index contributed by atoms with van der Waals surface area (Å²) in [6.07, 6.45) is 2.65. The number of likely N-dealkylation sites (tertiary alicyclic amines) is 1. The molecule has 0 amide bonds. The van der Waals surface area contributed by atoms with Gasteiger partial charge in [-0.05, 0) is 31.3 Å². The Hall–Kier alpha value is -1.91. The van der Waals surface area contributed by atoms with Gasteiger partial charge < -0.3 is 15.5 Å². The number of benzene rings is 2. The molecular weight excluding hydrogens is 314 g/mol. The van der Waals surface area contributed by atoms with Gasteiger partial charge in [-0.3, -0.25) is 0 Å². The Morgan fingerprint density at radius 2 is 1.71 bits per heavy atom. The molecule has 1 fully saturated rings. The lowest BCUT2D eigenvalue weighted by Gasteiger charge is -2.26. The summed E-state index contributed by atoms with van der Waals surface area (Å²) in [6.45, 7) is 5.44. The van der Waals surface area contributed by atoms with Gasteiger partial charge in [-0.2, -0.15) is 0 Å². The zero-order valence-electron chi connectivity index (χ0n) is 14.2. The number of thiocarbonyl (C=S) groups is 1. The first-order chi connectivity index (χ1) is 11.7. The van der Waals surface area contributed by atoms with Crippen LogP contribution < -0.4 is 15.5 Å². The van der Waals surface area contributed by atoms with Crippen LogP contribution in [-0.2, 0) is 0 Å². The minimum Gasteiger partial charge on any atom is -0.356 e. The molecule has 0 aliphatic carbocycles. The van der Waals surface area contributed by atoms with Crippen LogP contribution in [0.25, 0.3) is 0 Å². The Kier molecular flexibility index (Phi) is 5.83. The SMILES string of the molecule is Cc1ccc(NC(=S)NC[C@H](c2ccccc2)[NH+]2CCCC2)cc1. The van der Waals surface area contributed by atoms with Crippen LogP contribution in [0.5, 0.6) is 0 Å². The van der Waals surface area contributed by atoms with Crippen molar-refractivity contribution in [3.05, 3.63) is 65.7 Å². The highest BCUT2D eigenvalue weighted by molar-refractivity contribution is 7.80. The second-order valence-corrected chi connectivity index (χ2v) is 6.94. The number of anilines is 1.